The van der Waals surface area contributed by atoms with Crippen LogP contribution in [0.25, 0.3) is 0 Å². The summed E-state index contributed by atoms with van der Waals surface area (Å²) in [7, 11) is 0. The molecule has 16 heavy (non-hydrogen) atoms. The third-order valence-corrected chi connectivity index (χ3v) is 3.78. The summed E-state index contributed by atoms with van der Waals surface area (Å²) >= 11 is 3.74. The van der Waals surface area contributed by atoms with Crippen LogP contribution in [0.2, 0.25) is 0 Å². The third-order valence-electron chi connectivity index (χ3n) is 2.87. The van der Waals surface area contributed by atoms with Crippen LogP contribution in [0.5, 0.6) is 0 Å². The Morgan fingerprint density at radius 3 is 2.25 bits per heavy atom. The van der Waals surface area contributed by atoms with Gasteiger partial charge in [-0.2, -0.15) is 0 Å². The molecule has 0 saturated heterocycles. The lowest BCUT2D eigenvalue weighted by Gasteiger charge is -2.09. The summed E-state index contributed by atoms with van der Waals surface area (Å²) in [4.78, 5) is 0.711. The van der Waals surface area contributed by atoms with Crippen molar-refractivity contribution in [1.29, 1.82) is 0 Å². The zero-order valence-corrected chi connectivity index (χ0v) is 12.3. The molecule has 1 atom stereocenters. The Kier molecular flexibility index (Phi) is 6.12. The van der Waals surface area contributed by atoms with Gasteiger partial charge in [-0.15, -0.1) is 0 Å². The molecule has 0 bridgehead atoms. The fourth-order valence-corrected chi connectivity index (χ4v) is 2.98. The minimum absolute atomic E-state index is 0.711. The van der Waals surface area contributed by atoms with Crippen molar-refractivity contribution in [3.63, 3.8) is 0 Å². The number of hydrogen-bond donors (Lipinski definition) is 0. The monoisotopic (exact) mass is 282 g/mol. The normalized spacial score (nSPS) is 12.8. The maximum absolute atomic E-state index is 3.74. The molecule has 1 aromatic carbocycles. The molecule has 0 radical (unpaired) electrons. The molecular formula is C15H23Br. The van der Waals surface area contributed by atoms with Gasteiger partial charge in [0.05, 0.1) is 0 Å². The first-order chi connectivity index (χ1) is 7.61. The van der Waals surface area contributed by atoms with Gasteiger partial charge in [0.1, 0.15) is 0 Å². The van der Waals surface area contributed by atoms with E-state index < -0.39 is 0 Å². The summed E-state index contributed by atoms with van der Waals surface area (Å²) in [6.45, 7) is 6.61. The highest BCUT2D eigenvalue weighted by Gasteiger charge is 2.03. The van der Waals surface area contributed by atoms with E-state index in [1.807, 2.05) is 0 Å². The molecule has 0 spiro atoms. The van der Waals surface area contributed by atoms with Crippen molar-refractivity contribution in [3.05, 3.63) is 34.9 Å². The standard InChI is InChI=1S/C15H23Br/c1-4-6-15(16)8-5-7-14-10-12(2)9-13(3)11-14/h9-11,15H,4-8H2,1-3H3. The van der Waals surface area contributed by atoms with Crippen LogP contribution in [-0.2, 0) is 6.42 Å². The van der Waals surface area contributed by atoms with Crippen LogP contribution >= 0.6 is 15.9 Å². The number of hydrogen-bond acceptors (Lipinski definition) is 0. The number of aryl methyl sites for hydroxylation is 3. The van der Waals surface area contributed by atoms with Crippen LogP contribution in [0.3, 0.4) is 0 Å². The van der Waals surface area contributed by atoms with Gasteiger partial charge < -0.3 is 0 Å². The highest BCUT2D eigenvalue weighted by Crippen LogP contribution is 2.17. The third kappa shape index (κ3) is 5.16. The molecule has 90 valence electrons. The van der Waals surface area contributed by atoms with Crippen molar-refractivity contribution in [2.75, 3.05) is 0 Å². The zero-order valence-electron chi connectivity index (χ0n) is 10.7. The van der Waals surface area contributed by atoms with Gasteiger partial charge >= 0.3 is 0 Å². The Labute approximate surface area is 109 Å². The predicted octanol–water partition coefficient (Wildman–Crippen LogP) is 5.19. The molecule has 0 fully saturated rings. The van der Waals surface area contributed by atoms with E-state index in [2.05, 4.69) is 54.9 Å². The van der Waals surface area contributed by atoms with Gasteiger partial charge in [0, 0.05) is 4.83 Å². The van der Waals surface area contributed by atoms with E-state index in [0.29, 0.717) is 4.83 Å². The van der Waals surface area contributed by atoms with E-state index in [1.165, 1.54) is 48.8 Å². The molecule has 0 saturated carbocycles. The summed E-state index contributed by atoms with van der Waals surface area (Å²) in [6, 6.07) is 6.87. The molecule has 0 N–H and O–H groups in total. The summed E-state index contributed by atoms with van der Waals surface area (Å²) in [6.07, 6.45) is 6.38. The first-order valence-corrected chi connectivity index (χ1v) is 7.24. The molecule has 1 heteroatoms. The Hall–Kier alpha value is -0.300. The van der Waals surface area contributed by atoms with Gasteiger partial charge in [-0.05, 0) is 45.1 Å². The molecule has 0 amide bonds. The zero-order chi connectivity index (χ0) is 12.0. The molecule has 1 aromatic rings. The Bertz CT molecular complexity index is 297. The van der Waals surface area contributed by atoms with Crippen LogP contribution in [0.1, 0.15) is 49.3 Å². The minimum atomic E-state index is 0.711. The fourth-order valence-electron chi connectivity index (χ4n) is 2.20. The summed E-state index contributed by atoms with van der Waals surface area (Å²) in [5, 5.41) is 0. The van der Waals surface area contributed by atoms with Crippen molar-refractivity contribution in [2.45, 2.75) is 57.7 Å². The average molecular weight is 283 g/mol. The Morgan fingerprint density at radius 2 is 1.69 bits per heavy atom. The van der Waals surface area contributed by atoms with Gasteiger partial charge in [0.15, 0.2) is 0 Å². The highest BCUT2D eigenvalue weighted by molar-refractivity contribution is 9.09. The lowest BCUT2D eigenvalue weighted by Crippen LogP contribution is -1.98. The van der Waals surface area contributed by atoms with Gasteiger partial charge in [-0.25, -0.2) is 0 Å². The number of halogens is 1. The molecule has 0 heterocycles. The number of alkyl halides is 1. The van der Waals surface area contributed by atoms with E-state index in [1.54, 1.807) is 0 Å². The summed E-state index contributed by atoms with van der Waals surface area (Å²) in [5.41, 5.74) is 4.27. The Morgan fingerprint density at radius 1 is 1.06 bits per heavy atom. The summed E-state index contributed by atoms with van der Waals surface area (Å²) < 4.78 is 0. The van der Waals surface area contributed by atoms with Crippen LogP contribution in [-0.4, -0.2) is 4.83 Å². The smallest absolute Gasteiger partial charge is 0.0145 e. The molecule has 1 unspecified atom stereocenters. The minimum Gasteiger partial charge on any atom is -0.0891 e. The molecule has 0 nitrogen and oxygen atoms in total. The first kappa shape index (κ1) is 13.8. The van der Waals surface area contributed by atoms with E-state index in [-0.39, 0.29) is 0 Å². The van der Waals surface area contributed by atoms with Gasteiger partial charge in [0.25, 0.3) is 0 Å². The molecule has 0 aromatic heterocycles. The second-order valence-electron chi connectivity index (χ2n) is 4.77. The number of benzene rings is 1. The summed E-state index contributed by atoms with van der Waals surface area (Å²) in [5.74, 6) is 0. The number of rotatable bonds is 6. The quantitative estimate of drug-likeness (QED) is 0.630. The SMILES string of the molecule is CCCC(Br)CCCc1cc(C)cc(C)c1. The van der Waals surface area contributed by atoms with Crippen molar-refractivity contribution < 1.29 is 0 Å². The molecule has 0 aliphatic carbocycles. The van der Waals surface area contributed by atoms with Crippen LogP contribution in [0.15, 0.2) is 18.2 Å². The topological polar surface area (TPSA) is 0 Å². The maximum atomic E-state index is 3.74. The van der Waals surface area contributed by atoms with Crippen LogP contribution in [0, 0.1) is 13.8 Å². The van der Waals surface area contributed by atoms with Gasteiger partial charge in [-0.3, -0.25) is 0 Å². The van der Waals surface area contributed by atoms with Gasteiger partial charge in [0.2, 0.25) is 0 Å². The average Bonchev–Trinajstić information content (AvgIpc) is 2.16. The van der Waals surface area contributed by atoms with E-state index in [0.717, 1.165) is 0 Å². The van der Waals surface area contributed by atoms with Crippen molar-refractivity contribution in [1.82, 2.24) is 0 Å². The van der Waals surface area contributed by atoms with Gasteiger partial charge in [-0.1, -0.05) is 58.6 Å². The molecular weight excluding hydrogens is 260 g/mol. The highest BCUT2D eigenvalue weighted by atomic mass is 79.9. The van der Waals surface area contributed by atoms with Crippen molar-refractivity contribution >= 4 is 15.9 Å². The first-order valence-electron chi connectivity index (χ1n) is 6.33. The fraction of sp³-hybridized carbons (Fsp3) is 0.600. The van der Waals surface area contributed by atoms with E-state index >= 15 is 0 Å². The largest absolute Gasteiger partial charge is 0.0891 e. The van der Waals surface area contributed by atoms with E-state index in [9.17, 15) is 0 Å². The molecule has 0 aliphatic heterocycles. The van der Waals surface area contributed by atoms with Crippen molar-refractivity contribution in [3.8, 4) is 0 Å². The lowest BCUT2D eigenvalue weighted by molar-refractivity contribution is 0.655. The second kappa shape index (κ2) is 7.11. The Balaban J connectivity index is 2.37. The van der Waals surface area contributed by atoms with Crippen LogP contribution < -0.4 is 0 Å². The predicted molar refractivity (Wildman–Crippen MR) is 76.5 cm³/mol. The van der Waals surface area contributed by atoms with E-state index in [4.69, 9.17) is 0 Å². The molecule has 0 aliphatic rings. The molecule has 1 rings (SSSR count). The maximum Gasteiger partial charge on any atom is 0.0145 e. The second-order valence-corrected chi connectivity index (χ2v) is 6.07. The van der Waals surface area contributed by atoms with Crippen molar-refractivity contribution in [2.24, 2.45) is 0 Å². The van der Waals surface area contributed by atoms with Crippen LogP contribution in [0.4, 0.5) is 0 Å². The lowest BCUT2D eigenvalue weighted by atomic mass is 10.0.